The fourth-order valence-corrected chi connectivity index (χ4v) is 4.32. The second-order valence-electron chi connectivity index (χ2n) is 8.26. The number of anilines is 1. The first-order valence-electron chi connectivity index (χ1n) is 10.5. The Hall–Kier alpha value is -2.58. The molecule has 2 aromatic carbocycles. The van der Waals surface area contributed by atoms with Crippen LogP contribution in [0.15, 0.2) is 42.5 Å². The summed E-state index contributed by atoms with van der Waals surface area (Å²) >= 11 is 6.10. The van der Waals surface area contributed by atoms with E-state index >= 15 is 0 Å². The molecule has 0 spiro atoms. The van der Waals surface area contributed by atoms with Gasteiger partial charge in [0.25, 0.3) is 0 Å². The van der Waals surface area contributed by atoms with Gasteiger partial charge < -0.3 is 9.88 Å². The van der Waals surface area contributed by atoms with Gasteiger partial charge >= 0.3 is 6.18 Å². The minimum Gasteiger partial charge on any atom is -0.325 e. The largest absolute Gasteiger partial charge is 0.449 e. The molecule has 1 fully saturated rings. The molecular weight excluding hydrogens is 441 g/mol. The minimum absolute atomic E-state index is 0.0870. The van der Waals surface area contributed by atoms with Crippen molar-refractivity contribution >= 4 is 34.2 Å². The monoisotopic (exact) mass is 464 g/mol. The second kappa shape index (κ2) is 9.11. The van der Waals surface area contributed by atoms with Crippen LogP contribution in [0, 0.1) is 12.8 Å². The Bertz CT molecular complexity index is 1120. The molecule has 3 aromatic rings. The summed E-state index contributed by atoms with van der Waals surface area (Å²) in [6.45, 7) is 3.70. The van der Waals surface area contributed by atoms with Gasteiger partial charge in [-0.1, -0.05) is 29.8 Å². The molecule has 1 aliphatic heterocycles. The number of nitrogens with zero attached hydrogens (tertiary/aromatic N) is 3. The lowest BCUT2D eigenvalue weighted by Crippen LogP contribution is -2.40. The van der Waals surface area contributed by atoms with Crippen molar-refractivity contribution in [3.63, 3.8) is 0 Å². The third kappa shape index (κ3) is 5.07. The topological polar surface area (TPSA) is 50.2 Å². The van der Waals surface area contributed by atoms with E-state index in [4.69, 9.17) is 11.6 Å². The Morgan fingerprint density at radius 2 is 1.91 bits per heavy atom. The molecule has 1 amide bonds. The number of benzene rings is 2. The van der Waals surface area contributed by atoms with E-state index < -0.39 is 12.0 Å². The Kier molecular flexibility index (Phi) is 6.44. The first kappa shape index (κ1) is 22.6. The summed E-state index contributed by atoms with van der Waals surface area (Å²) in [6.07, 6.45) is -3.07. The first-order valence-corrected chi connectivity index (χ1v) is 10.9. The van der Waals surface area contributed by atoms with Crippen LogP contribution in [0.1, 0.15) is 24.2 Å². The molecule has 4 rings (SSSR count). The predicted octanol–water partition coefficient (Wildman–Crippen LogP) is 5.37. The normalized spacial score (nSPS) is 15.9. The molecule has 0 unspecified atom stereocenters. The lowest BCUT2D eigenvalue weighted by Gasteiger charge is -2.32. The molecule has 0 saturated carbocycles. The highest BCUT2D eigenvalue weighted by Crippen LogP contribution is 2.33. The van der Waals surface area contributed by atoms with Crippen LogP contribution in [0.4, 0.5) is 18.9 Å². The summed E-state index contributed by atoms with van der Waals surface area (Å²) in [7, 11) is 0. The highest BCUT2D eigenvalue weighted by atomic mass is 35.5. The van der Waals surface area contributed by atoms with Crippen molar-refractivity contribution < 1.29 is 18.0 Å². The highest BCUT2D eigenvalue weighted by Gasteiger charge is 2.38. The van der Waals surface area contributed by atoms with E-state index in [2.05, 4.69) is 10.3 Å². The number of para-hydroxylation sites is 2. The highest BCUT2D eigenvalue weighted by molar-refractivity contribution is 6.31. The number of hydrogen-bond acceptors (Lipinski definition) is 3. The van der Waals surface area contributed by atoms with Crippen molar-refractivity contribution in [1.82, 2.24) is 14.5 Å². The van der Waals surface area contributed by atoms with Crippen LogP contribution in [0.2, 0.25) is 5.02 Å². The van der Waals surface area contributed by atoms with Crippen LogP contribution >= 0.6 is 11.6 Å². The number of imidazole rings is 1. The molecule has 9 heteroatoms. The van der Waals surface area contributed by atoms with E-state index in [-0.39, 0.29) is 24.9 Å². The average Bonchev–Trinajstić information content (AvgIpc) is 3.11. The van der Waals surface area contributed by atoms with Gasteiger partial charge in [0, 0.05) is 17.3 Å². The van der Waals surface area contributed by atoms with E-state index in [0.717, 1.165) is 5.56 Å². The van der Waals surface area contributed by atoms with Gasteiger partial charge in [0.05, 0.1) is 17.6 Å². The van der Waals surface area contributed by atoms with Crippen LogP contribution in [0.5, 0.6) is 0 Å². The molecule has 1 aromatic heterocycles. The number of halogens is 4. The molecule has 1 aliphatic rings. The SMILES string of the molecule is Cc1ccc(NC(=O)CN2CCC(Cn3c(C(F)(F)F)nc4ccccc43)CC2)cc1Cl. The predicted molar refractivity (Wildman–Crippen MR) is 119 cm³/mol. The van der Waals surface area contributed by atoms with Gasteiger partial charge in [-0.05, 0) is 68.6 Å². The Morgan fingerprint density at radius 3 is 2.59 bits per heavy atom. The number of piperidine rings is 1. The quantitative estimate of drug-likeness (QED) is 0.552. The van der Waals surface area contributed by atoms with Crippen molar-refractivity contribution in [3.05, 3.63) is 58.9 Å². The van der Waals surface area contributed by atoms with Gasteiger partial charge in [-0.15, -0.1) is 0 Å². The van der Waals surface area contributed by atoms with Gasteiger partial charge in [0.15, 0.2) is 0 Å². The summed E-state index contributed by atoms with van der Waals surface area (Å²) in [4.78, 5) is 18.2. The number of aromatic nitrogens is 2. The molecule has 5 nitrogen and oxygen atoms in total. The maximum Gasteiger partial charge on any atom is 0.449 e. The molecule has 32 heavy (non-hydrogen) atoms. The standard InChI is InChI=1S/C23H24ClF3N4O/c1-15-6-7-17(12-18(15)24)28-21(32)14-30-10-8-16(9-11-30)13-31-20-5-3-2-4-19(20)29-22(31)23(25,26)27/h2-7,12,16H,8-11,13-14H2,1H3,(H,28,32). The first-order chi connectivity index (χ1) is 15.2. The van der Waals surface area contributed by atoms with E-state index in [0.29, 0.717) is 47.7 Å². The van der Waals surface area contributed by atoms with E-state index in [9.17, 15) is 18.0 Å². The number of carbonyl (C=O) groups is 1. The van der Waals surface area contributed by atoms with Crippen molar-refractivity contribution in [2.75, 3.05) is 25.0 Å². The summed E-state index contributed by atoms with van der Waals surface area (Å²) in [5.74, 6) is -0.899. The Balaban J connectivity index is 1.35. The van der Waals surface area contributed by atoms with Gasteiger partial charge in [0.2, 0.25) is 11.7 Å². The van der Waals surface area contributed by atoms with Crippen molar-refractivity contribution in [1.29, 1.82) is 0 Å². The summed E-state index contributed by atoms with van der Waals surface area (Å²) in [5.41, 5.74) is 2.43. The molecule has 1 saturated heterocycles. The zero-order valence-corrected chi connectivity index (χ0v) is 18.4. The number of fused-ring (bicyclic) bond motifs is 1. The van der Waals surface area contributed by atoms with Crippen LogP contribution in [-0.2, 0) is 17.5 Å². The second-order valence-corrected chi connectivity index (χ2v) is 8.67. The molecule has 2 heterocycles. The zero-order chi connectivity index (χ0) is 22.9. The number of amides is 1. The third-order valence-corrected chi connectivity index (χ3v) is 6.29. The van der Waals surface area contributed by atoms with Crippen LogP contribution < -0.4 is 5.32 Å². The number of rotatable bonds is 5. The molecule has 0 bridgehead atoms. The minimum atomic E-state index is -4.50. The maximum atomic E-state index is 13.5. The Labute approximate surface area is 189 Å². The van der Waals surface area contributed by atoms with Crippen LogP contribution in [0.25, 0.3) is 11.0 Å². The van der Waals surface area contributed by atoms with Gasteiger partial charge in [0.1, 0.15) is 0 Å². The van der Waals surface area contributed by atoms with Gasteiger partial charge in [-0.25, -0.2) is 4.98 Å². The summed E-state index contributed by atoms with van der Waals surface area (Å²) in [5, 5.41) is 3.44. The lowest BCUT2D eigenvalue weighted by molar-refractivity contribution is -0.147. The maximum absolute atomic E-state index is 13.5. The van der Waals surface area contributed by atoms with E-state index in [1.165, 1.54) is 4.57 Å². The van der Waals surface area contributed by atoms with E-state index in [1.54, 1.807) is 36.4 Å². The van der Waals surface area contributed by atoms with E-state index in [1.807, 2.05) is 17.9 Å². The fourth-order valence-electron chi connectivity index (χ4n) is 4.14. The number of aryl methyl sites for hydroxylation is 1. The van der Waals surface area contributed by atoms with Crippen LogP contribution in [0.3, 0.4) is 0 Å². The van der Waals surface area contributed by atoms with Crippen molar-refractivity contribution in [3.8, 4) is 0 Å². The molecule has 0 aliphatic carbocycles. The zero-order valence-electron chi connectivity index (χ0n) is 17.6. The van der Waals surface area contributed by atoms with Crippen LogP contribution in [-0.4, -0.2) is 40.0 Å². The van der Waals surface area contributed by atoms with Crippen molar-refractivity contribution in [2.24, 2.45) is 5.92 Å². The summed E-state index contributed by atoms with van der Waals surface area (Å²) in [6, 6.07) is 12.1. The van der Waals surface area contributed by atoms with Gasteiger partial charge in [-0.2, -0.15) is 13.2 Å². The number of likely N-dealkylation sites (tertiary alicyclic amines) is 1. The number of hydrogen-bond donors (Lipinski definition) is 1. The number of carbonyl (C=O) groups excluding carboxylic acids is 1. The number of nitrogens with one attached hydrogen (secondary N) is 1. The smallest absolute Gasteiger partial charge is 0.325 e. The molecule has 1 N–H and O–H groups in total. The molecule has 0 radical (unpaired) electrons. The molecule has 170 valence electrons. The Morgan fingerprint density at radius 1 is 1.19 bits per heavy atom. The van der Waals surface area contributed by atoms with Crippen molar-refractivity contribution in [2.45, 2.75) is 32.5 Å². The number of alkyl halides is 3. The fraction of sp³-hybridized carbons (Fsp3) is 0.391. The third-order valence-electron chi connectivity index (χ3n) is 5.88. The average molecular weight is 465 g/mol. The lowest BCUT2D eigenvalue weighted by atomic mass is 9.96. The summed E-state index contributed by atoms with van der Waals surface area (Å²) < 4.78 is 41.9. The molecule has 0 atom stereocenters. The van der Waals surface area contributed by atoms with Gasteiger partial charge in [-0.3, -0.25) is 9.69 Å². The molecular formula is C23H24ClF3N4O.